The molecule has 4 aliphatic rings. The van der Waals surface area contributed by atoms with Gasteiger partial charge in [0.15, 0.2) is 0 Å². The number of terminal acetylenes is 1. The first kappa shape index (κ1) is 18.4. The van der Waals surface area contributed by atoms with Crippen LogP contribution in [0.25, 0.3) is 0 Å². The van der Waals surface area contributed by atoms with Crippen molar-refractivity contribution in [2.24, 2.45) is 34.5 Å². The molecule has 3 nitrogen and oxygen atoms in total. The van der Waals surface area contributed by atoms with Crippen molar-refractivity contribution in [3.8, 4) is 12.3 Å². The Morgan fingerprint density at radius 3 is 2.46 bits per heavy atom. The Morgan fingerprint density at radius 2 is 1.77 bits per heavy atom. The Morgan fingerprint density at radius 1 is 1.04 bits per heavy atom. The lowest BCUT2D eigenvalue weighted by molar-refractivity contribution is -0.165. The van der Waals surface area contributed by atoms with Crippen LogP contribution < -0.4 is 0 Å². The van der Waals surface area contributed by atoms with E-state index < -0.39 is 5.60 Å². The third kappa shape index (κ3) is 2.55. The Balaban J connectivity index is 1.57. The third-order valence-electron chi connectivity index (χ3n) is 9.22. The van der Waals surface area contributed by atoms with E-state index in [0.717, 1.165) is 37.5 Å². The molecular weight excluding hydrogens is 324 g/mol. The van der Waals surface area contributed by atoms with Crippen LogP contribution in [0.2, 0.25) is 0 Å². The van der Waals surface area contributed by atoms with Crippen LogP contribution in [-0.4, -0.2) is 22.8 Å². The van der Waals surface area contributed by atoms with E-state index in [4.69, 9.17) is 11.2 Å². The van der Waals surface area contributed by atoms with Gasteiger partial charge in [0.05, 0.1) is 0 Å². The number of hydrogen-bond acceptors (Lipinski definition) is 3. The van der Waals surface area contributed by atoms with E-state index in [2.05, 4.69) is 19.8 Å². The molecular formula is C23H34O3. The minimum Gasteiger partial charge on any atom is -0.462 e. The van der Waals surface area contributed by atoms with Crippen molar-refractivity contribution in [1.82, 2.24) is 0 Å². The summed E-state index contributed by atoms with van der Waals surface area (Å²) in [5, 5.41) is 10.7. The molecule has 3 heteroatoms. The summed E-state index contributed by atoms with van der Waals surface area (Å²) in [6.07, 6.45) is 15.4. The maximum Gasteiger partial charge on any atom is 0.302 e. The molecule has 0 aromatic heterocycles. The normalized spacial score (nSPS) is 53.0. The third-order valence-corrected chi connectivity index (χ3v) is 9.22. The number of ether oxygens (including phenoxy) is 1. The van der Waals surface area contributed by atoms with Crippen molar-refractivity contribution in [2.75, 3.05) is 0 Å². The van der Waals surface area contributed by atoms with Gasteiger partial charge in [0.2, 0.25) is 0 Å². The SMILES string of the molecule is C#C[C@@]1(O)CC[C@@]2(C)[C@@H](CC[C@@H]3[C@H]4CC[C@H](OC(C)=O)[C@@]4(C)CC[C@@H]32)C1. The molecule has 0 amide bonds. The van der Waals surface area contributed by atoms with Crippen molar-refractivity contribution < 1.29 is 14.6 Å². The van der Waals surface area contributed by atoms with Crippen LogP contribution in [0, 0.1) is 46.8 Å². The Hall–Kier alpha value is -1.01. The highest BCUT2D eigenvalue weighted by Gasteiger charge is 2.61. The van der Waals surface area contributed by atoms with E-state index in [-0.39, 0.29) is 17.5 Å². The van der Waals surface area contributed by atoms with E-state index in [1.165, 1.54) is 32.1 Å². The number of aliphatic hydroxyl groups is 1. The molecule has 26 heavy (non-hydrogen) atoms. The zero-order valence-corrected chi connectivity index (χ0v) is 16.6. The molecule has 0 aliphatic heterocycles. The van der Waals surface area contributed by atoms with Crippen molar-refractivity contribution in [2.45, 2.75) is 90.3 Å². The summed E-state index contributed by atoms with van der Waals surface area (Å²) >= 11 is 0. The van der Waals surface area contributed by atoms with Crippen molar-refractivity contribution in [3.05, 3.63) is 0 Å². The number of fused-ring (bicyclic) bond motifs is 5. The quantitative estimate of drug-likeness (QED) is 0.561. The molecule has 144 valence electrons. The number of esters is 1. The average molecular weight is 359 g/mol. The zero-order chi connectivity index (χ0) is 18.7. The Bertz CT molecular complexity index is 636. The van der Waals surface area contributed by atoms with Crippen LogP contribution in [0.1, 0.15) is 78.6 Å². The highest BCUT2D eigenvalue weighted by molar-refractivity contribution is 5.66. The molecule has 0 aromatic rings. The van der Waals surface area contributed by atoms with E-state index in [9.17, 15) is 9.90 Å². The van der Waals surface area contributed by atoms with Gasteiger partial charge in [0, 0.05) is 12.3 Å². The molecule has 1 N–H and O–H groups in total. The number of rotatable bonds is 1. The van der Waals surface area contributed by atoms with Crippen LogP contribution in [0.15, 0.2) is 0 Å². The summed E-state index contributed by atoms with van der Waals surface area (Å²) in [5.41, 5.74) is -0.412. The molecule has 4 rings (SSSR count). The highest BCUT2D eigenvalue weighted by Crippen LogP contribution is 2.67. The number of carbonyl (C=O) groups excluding carboxylic acids is 1. The smallest absolute Gasteiger partial charge is 0.302 e. The molecule has 4 saturated carbocycles. The lowest BCUT2D eigenvalue weighted by Gasteiger charge is -2.61. The fourth-order valence-electron chi connectivity index (χ4n) is 7.72. The second kappa shape index (κ2) is 5.99. The van der Waals surface area contributed by atoms with Gasteiger partial charge in [0.1, 0.15) is 11.7 Å². The summed E-state index contributed by atoms with van der Waals surface area (Å²) in [7, 11) is 0. The lowest BCUT2D eigenvalue weighted by Crippen LogP contribution is -2.56. The molecule has 0 radical (unpaired) electrons. The van der Waals surface area contributed by atoms with E-state index in [0.29, 0.717) is 17.3 Å². The summed E-state index contributed by atoms with van der Waals surface area (Å²) < 4.78 is 5.74. The first-order valence-electron chi connectivity index (χ1n) is 10.6. The van der Waals surface area contributed by atoms with Crippen molar-refractivity contribution >= 4 is 5.97 Å². The molecule has 0 saturated heterocycles. The molecule has 4 aliphatic carbocycles. The van der Waals surface area contributed by atoms with Crippen LogP contribution in [0.4, 0.5) is 0 Å². The summed E-state index contributed by atoms with van der Waals surface area (Å²) in [6, 6.07) is 0. The van der Waals surface area contributed by atoms with Gasteiger partial charge >= 0.3 is 5.97 Å². The van der Waals surface area contributed by atoms with Gasteiger partial charge < -0.3 is 9.84 Å². The van der Waals surface area contributed by atoms with Crippen molar-refractivity contribution in [3.63, 3.8) is 0 Å². The first-order chi connectivity index (χ1) is 12.2. The standard InChI is InChI=1S/C23H34O3/c1-5-23(25)13-12-21(3)16(14-23)6-7-17-18-8-9-20(26-15(2)24)22(18,4)11-10-19(17)21/h1,16-20,25H,6-14H2,2-4H3/t16-,17+,18+,19-,20-,21-,22-,23+/m0/s1. The van der Waals surface area contributed by atoms with Crippen LogP contribution >= 0.6 is 0 Å². The predicted molar refractivity (Wildman–Crippen MR) is 101 cm³/mol. The van der Waals surface area contributed by atoms with Gasteiger partial charge in [-0.25, -0.2) is 0 Å². The van der Waals surface area contributed by atoms with Crippen LogP contribution in [0.3, 0.4) is 0 Å². The zero-order valence-electron chi connectivity index (χ0n) is 16.6. The van der Waals surface area contributed by atoms with Gasteiger partial charge in [-0.1, -0.05) is 19.8 Å². The summed E-state index contributed by atoms with van der Waals surface area (Å²) in [5.74, 6) is 5.25. The predicted octanol–water partition coefficient (Wildman–Crippen LogP) is 4.33. The molecule has 0 aromatic carbocycles. The monoisotopic (exact) mass is 358 g/mol. The Kier molecular flexibility index (Phi) is 4.23. The first-order valence-corrected chi connectivity index (χ1v) is 10.6. The molecule has 4 fully saturated rings. The van der Waals surface area contributed by atoms with Gasteiger partial charge in [0.25, 0.3) is 0 Å². The fraction of sp³-hybridized carbons (Fsp3) is 0.870. The largest absolute Gasteiger partial charge is 0.462 e. The van der Waals surface area contributed by atoms with Crippen LogP contribution in [-0.2, 0) is 9.53 Å². The minimum absolute atomic E-state index is 0.106. The molecule has 0 heterocycles. The molecule has 0 unspecified atom stereocenters. The maximum absolute atomic E-state index is 11.6. The Labute approximate surface area is 158 Å². The van der Waals surface area contributed by atoms with E-state index >= 15 is 0 Å². The lowest BCUT2D eigenvalue weighted by atomic mass is 9.44. The number of carbonyl (C=O) groups is 1. The van der Waals surface area contributed by atoms with Gasteiger partial charge in [-0.05, 0) is 86.9 Å². The van der Waals surface area contributed by atoms with Gasteiger partial charge in [-0.2, -0.15) is 0 Å². The van der Waals surface area contributed by atoms with Gasteiger partial charge in [-0.3, -0.25) is 4.79 Å². The topological polar surface area (TPSA) is 46.5 Å². The molecule has 0 spiro atoms. The van der Waals surface area contributed by atoms with Gasteiger partial charge in [-0.15, -0.1) is 6.42 Å². The molecule has 0 bridgehead atoms. The second-order valence-corrected chi connectivity index (χ2v) is 10.3. The minimum atomic E-state index is -0.881. The van der Waals surface area contributed by atoms with E-state index in [1.54, 1.807) is 6.92 Å². The van der Waals surface area contributed by atoms with Crippen molar-refractivity contribution in [1.29, 1.82) is 0 Å². The maximum atomic E-state index is 11.6. The van der Waals surface area contributed by atoms with E-state index in [1.807, 2.05) is 0 Å². The highest BCUT2D eigenvalue weighted by atomic mass is 16.5. The average Bonchev–Trinajstić information content (AvgIpc) is 2.92. The number of hydrogen-bond donors (Lipinski definition) is 1. The molecule has 8 atom stereocenters. The van der Waals surface area contributed by atoms with Crippen LogP contribution in [0.5, 0.6) is 0 Å². The second-order valence-electron chi connectivity index (χ2n) is 10.3. The summed E-state index contributed by atoms with van der Waals surface area (Å²) in [6.45, 7) is 6.40. The summed E-state index contributed by atoms with van der Waals surface area (Å²) in [4.78, 5) is 11.6. The fourth-order valence-corrected chi connectivity index (χ4v) is 7.72.